The molecule has 0 spiro atoms. The summed E-state index contributed by atoms with van der Waals surface area (Å²) in [4.78, 5) is 13.0. The Labute approximate surface area is 110 Å². The maximum atomic E-state index is 11.9. The normalized spacial score (nSPS) is 13.4. The number of sulfonamides is 1. The van der Waals surface area contributed by atoms with Gasteiger partial charge in [-0.3, -0.25) is 0 Å². The van der Waals surface area contributed by atoms with E-state index in [9.17, 15) is 13.2 Å². The Morgan fingerprint density at radius 2 is 2.28 bits per heavy atom. The standard InChI is InChI=1S/C10H16N2O4S2/c1-7(3-4-17-2)12-18(15,16)8-5-9(10(13)14)11-6-8/h5-7,11-12H,3-4H2,1-2H3,(H,13,14). The van der Waals surface area contributed by atoms with Crippen LogP contribution in [0.5, 0.6) is 0 Å². The van der Waals surface area contributed by atoms with E-state index < -0.39 is 16.0 Å². The predicted octanol–water partition coefficient (Wildman–Crippen LogP) is 1.13. The maximum Gasteiger partial charge on any atom is 0.352 e. The Hall–Kier alpha value is -0.990. The number of carboxylic acid groups (broad SMARTS) is 1. The lowest BCUT2D eigenvalue weighted by Gasteiger charge is -2.12. The van der Waals surface area contributed by atoms with Crippen molar-refractivity contribution in [1.29, 1.82) is 0 Å². The van der Waals surface area contributed by atoms with Crippen LogP contribution in [0.3, 0.4) is 0 Å². The van der Waals surface area contributed by atoms with E-state index in [0.29, 0.717) is 0 Å². The van der Waals surface area contributed by atoms with Crippen molar-refractivity contribution in [2.24, 2.45) is 0 Å². The van der Waals surface area contributed by atoms with Gasteiger partial charge in [-0.25, -0.2) is 17.9 Å². The molecular weight excluding hydrogens is 276 g/mol. The predicted molar refractivity (Wildman–Crippen MR) is 70.5 cm³/mol. The first-order valence-electron chi connectivity index (χ1n) is 5.30. The van der Waals surface area contributed by atoms with Crippen LogP contribution in [0.25, 0.3) is 0 Å². The molecule has 6 nitrogen and oxygen atoms in total. The first-order chi connectivity index (χ1) is 8.36. The molecule has 0 aromatic carbocycles. The molecular formula is C10H16N2O4S2. The zero-order valence-electron chi connectivity index (χ0n) is 10.1. The zero-order valence-corrected chi connectivity index (χ0v) is 11.8. The molecule has 0 radical (unpaired) electrons. The van der Waals surface area contributed by atoms with E-state index in [2.05, 4.69) is 9.71 Å². The van der Waals surface area contributed by atoms with Gasteiger partial charge in [0.25, 0.3) is 0 Å². The second-order valence-electron chi connectivity index (χ2n) is 3.86. The molecule has 0 saturated heterocycles. The van der Waals surface area contributed by atoms with Crippen LogP contribution >= 0.6 is 11.8 Å². The van der Waals surface area contributed by atoms with Gasteiger partial charge in [-0.1, -0.05) is 0 Å². The van der Waals surface area contributed by atoms with Crippen molar-refractivity contribution in [3.05, 3.63) is 18.0 Å². The number of carbonyl (C=O) groups is 1. The molecule has 1 unspecified atom stereocenters. The number of aromatic amines is 1. The number of hydrogen-bond donors (Lipinski definition) is 3. The van der Waals surface area contributed by atoms with E-state index in [1.54, 1.807) is 18.7 Å². The summed E-state index contributed by atoms with van der Waals surface area (Å²) in [6, 6.07) is 0.914. The van der Waals surface area contributed by atoms with E-state index in [-0.39, 0.29) is 16.6 Å². The molecule has 0 bridgehead atoms. The summed E-state index contributed by atoms with van der Waals surface area (Å²) in [5, 5.41) is 8.71. The summed E-state index contributed by atoms with van der Waals surface area (Å²) in [7, 11) is -3.66. The number of nitrogens with one attached hydrogen (secondary N) is 2. The largest absolute Gasteiger partial charge is 0.477 e. The zero-order chi connectivity index (χ0) is 13.8. The van der Waals surface area contributed by atoms with Gasteiger partial charge in [-0.2, -0.15) is 11.8 Å². The Morgan fingerprint density at radius 3 is 2.78 bits per heavy atom. The smallest absolute Gasteiger partial charge is 0.352 e. The SMILES string of the molecule is CSCCC(C)NS(=O)(=O)c1c[nH]c(C(=O)O)c1. The van der Waals surface area contributed by atoms with Crippen molar-refractivity contribution < 1.29 is 18.3 Å². The summed E-state index contributed by atoms with van der Waals surface area (Å²) in [5.41, 5.74) is -0.146. The van der Waals surface area contributed by atoms with Gasteiger partial charge in [-0.15, -0.1) is 0 Å². The molecule has 1 aromatic rings. The van der Waals surface area contributed by atoms with Crippen LogP contribution in [-0.2, 0) is 10.0 Å². The van der Waals surface area contributed by atoms with Gasteiger partial charge in [0.05, 0.1) is 0 Å². The fourth-order valence-electron chi connectivity index (χ4n) is 1.34. The van der Waals surface area contributed by atoms with Crippen molar-refractivity contribution >= 4 is 27.8 Å². The van der Waals surface area contributed by atoms with Crippen molar-refractivity contribution in [1.82, 2.24) is 9.71 Å². The first-order valence-corrected chi connectivity index (χ1v) is 8.17. The molecule has 1 heterocycles. The lowest BCUT2D eigenvalue weighted by molar-refractivity contribution is 0.0691. The van der Waals surface area contributed by atoms with Crippen LogP contribution in [0, 0.1) is 0 Å². The molecule has 0 aliphatic heterocycles. The highest BCUT2D eigenvalue weighted by atomic mass is 32.2. The molecule has 0 aliphatic carbocycles. The second-order valence-corrected chi connectivity index (χ2v) is 6.56. The van der Waals surface area contributed by atoms with Crippen LogP contribution in [0.4, 0.5) is 0 Å². The Balaban J connectivity index is 2.76. The van der Waals surface area contributed by atoms with E-state index in [1.807, 2.05) is 6.26 Å². The molecule has 0 amide bonds. The number of H-pyrrole nitrogens is 1. The van der Waals surface area contributed by atoms with Crippen LogP contribution in [0.15, 0.2) is 17.2 Å². The fraction of sp³-hybridized carbons (Fsp3) is 0.500. The Morgan fingerprint density at radius 1 is 1.61 bits per heavy atom. The minimum absolute atomic E-state index is 0.0594. The third-order valence-electron chi connectivity index (χ3n) is 2.31. The van der Waals surface area contributed by atoms with E-state index in [0.717, 1.165) is 18.2 Å². The topological polar surface area (TPSA) is 99.3 Å². The molecule has 18 heavy (non-hydrogen) atoms. The van der Waals surface area contributed by atoms with Crippen molar-refractivity contribution in [3.63, 3.8) is 0 Å². The summed E-state index contributed by atoms with van der Waals surface area (Å²) in [6.07, 6.45) is 3.84. The Bertz CT molecular complexity index is 510. The van der Waals surface area contributed by atoms with Crippen molar-refractivity contribution in [2.45, 2.75) is 24.3 Å². The maximum absolute atomic E-state index is 11.9. The Kier molecular flexibility index (Phi) is 5.24. The fourth-order valence-corrected chi connectivity index (χ4v) is 3.20. The first kappa shape index (κ1) is 15.1. The summed E-state index contributed by atoms with van der Waals surface area (Å²) < 4.78 is 26.3. The number of thioether (sulfide) groups is 1. The van der Waals surface area contributed by atoms with Gasteiger partial charge in [0, 0.05) is 12.2 Å². The molecule has 1 aromatic heterocycles. The lowest BCUT2D eigenvalue weighted by Crippen LogP contribution is -2.32. The quantitative estimate of drug-likeness (QED) is 0.699. The number of hydrogen-bond acceptors (Lipinski definition) is 4. The lowest BCUT2D eigenvalue weighted by atomic mass is 10.3. The van der Waals surface area contributed by atoms with Crippen molar-refractivity contribution in [2.75, 3.05) is 12.0 Å². The molecule has 0 aliphatic rings. The second kappa shape index (κ2) is 6.26. The molecule has 102 valence electrons. The summed E-state index contributed by atoms with van der Waals surface area (Å²) >= 11 is 1.64. The highest BCUT2D eigenvalue weighted by Gasteiger charge is 2.20. The minimum atomic E-state index is -3.66. The van der Waals surface area contributed by atoms with Gasteiger partial charge >= 0.3 is 5.97 Å². The molecule has 0 fully saturated rings. The van der Waals surface area contributed by atoms with Gasteiger partial charge in [-0.05, 0) is 31.4 Å². The molecule has 8 heteroatoms. The summed E-state index contributed by atoms with van der Waals surface area (Å²) in [5.74, 6) is -0.330. The molecule has 1 atom stereocenters. The molecule has 0 saturated carbocycles. The highest BCUT2D eigenvalue weighted by molar-refractivity contribution is 7.98. The highest BCUT2D eigenvalue weighted by Crippen LogP contribution is 2.12. The third kappa shape index (κ3) is 4.04. The van der Waals surface area contributed by atoms with Gasteiger partial charge in [0.2, 0.25) is 10.0 Å². The number of aromatic carboxylic acids is 1. The van der Waals surface area contributed by atoms with Gasteiger partial charge in [0.1, 0.15) is 10.6 Å². The van der Waals surface area contributed by atoms with Gasteiger partial charge < -0.3 is 10.1 Å². The number of rotatable bonds is 7. The molecule has 1 rings (SSSR count). The monoisotopic (exact) mass is 292 g/mol. The summed E-state index contributed by atoms with van der Waals surface area (Å²) in [6.45, 7) is 1.78. The average Bonchev–Trinajstić information content (AvgIpc) is 2.75. The van der Waals surface area contributed by atoms with E-state index in [4.69, 9.17) is 5.11 Å². The van der Waals surface area contributed by atoms with Crippen LogP contribution in [0.2, 0.25) is 0 Å². The average molecular weight is 292 g/mol. The number of aromatic nitrogens is 1. The molecule has 3 N–H and O–H groups in total. The minimum Gasteiger partial charge on any atom is -0.477 e. The van der Waals surface area contributed by atoms with Crippen LogP contribution in [0.1, 0.15) is 23.8 Å². The van der Waals surface area contributed by atoms with Gasteiger partial charge in [0.15, 0.2) is 0 Å². The van der Waals surface area contributed by atoms with E-state index in [1.165, 1.54) is 6.20 Å². The number of carboxylic acids is 1. The van der Waals surface area contributed by atoms with Crippen LogP contribution in [-0.4, -0.2) is 42.5 Å². The van der Waals surface area contributed by atoms with Crippen molar-refractivity contribution in [3.8, 4) is 0 Å². The third-order valence-corrected chi connectivity index (χ3v) is 4.52. The van der Waals surface area contributed by atoms with Crippen LogP contribution < -0.4 is 4.72 Å². The van der Waals surface area contributed by atoms with E-state index >= 15 is 0 Å².